The van der Waals surface area contributed by atoms with Crippen LogP contribution in [-0.2, 0) is 16.1 Å². The van der Waals surface area contributed by atoms with Crippen LogP contribution < -0.4 is 5.32 Å². The minimum absolute atomic E-state index is 0.342. The quantitative estimate of drug-likeness (QED) is 0.672. The number of nitrogens with zero attached hydrogens (tertiary/aromatic N) is 1. The summed E-state index contributed by atoms with van der Waals surface area (Å²) in [4.78, 5) is 22.7. The molecule has 4 heteroatoms. The number of rotatable bonds is 7. The van der Waals surface area contributed by atoms with E-state index in [1.165, 1.54) is 23.7 Å². The molecule has 0 radical (unpaired) electrons. The van der Waals surface area contributed by atoms with Crippen LogP contribution in [-0.4, -0.2) is 29.6 Å². The molecule has 0 aliphatic carbocycles. The van der Waals surface area contributed by atoms with Gasteiger partial charge in [-0.25, -0.2) is 0 Å². The molecule has 1 aliphatic heterocycles. The van der Waals surface area contributed by atoms with E-state index in [4.69, 9.17) is 4.79 Å². The SMILES string of the molecule is C=C1c2cccc(NCC)c2CN1C(C)CCC(=O)CC.CC.CC=O. The lowest BCUT2D eigenvalue weighted by molar-refractivity contribution is -0.119. The summed E-state index contributed by atoms with van der Waals surface area (Å²) >= 11 is 0. The highest BCUT2D eigenvalue weighted by Gasteiger charge is 2.27. The summed E-state index contributed by atoms with van der Waals surface area (Å²) in [5.74, 6) is 0.345. The fraction of sp³-hybridized carbons (Fsp3) is 0.545. The molecule has 0 saturated heterocycles. The zero-order valence-corrected chi connectivity index (χ0v) is 17.4. The number of aldehydes is 1. The van der Waals surface area contributed by atoms with Crippen LogP contribution in [0.5, 0.6) is 0 Å². The minimum atomic E-state index is 0.342. The lowest BCUT2D eigenvalue weighted by atomic mass is 10.1. The average Bonchev–Trinajstić information content (AvgIpc) is 3.00. The molecule has 1 aromatic carbocycles. The first-order valence-electron chi connectivity index (χ1n) is 9.73. The Morgan fingerprint density at radius 1 is 1.35 bits per heavy atom. The topological polar surface area (TPSA) is 49.4 Å². The Kier molecular flexibility index (Phi) is 12.1. The Morgan fingerprint density at radius 3 is 2.50 bits per heavy atom. The number of carbonyl (C=O) groups excluding carboxylic acids is 2. The molecular formula is C22H36N2O2. The van der Waals surface area contributed by atoms with Gasteiger partial charge in [-0.15, -0.1) is 0 Å². The number of hydrogen-bond acceptors (Lipinski definition) is 4. The summed E-state index contributed by atoms with van der Waals surface area (Å²) < 4.78 is 0. The second kappa shape index (κ2) is 13.2. The van der Waals surface area contributed by atoms with Crippen LogP contribution in [0.4, 0.5) is 5.69 Å². The molecule has 1 unspecified atom stereocenters. The molecule has 0 spiro atoms. The zero-order valence-electron chi connectivity index (χ0n) is 17.4. The minimum Gasteiger partial charge on any atom is -0.385 e. The number of anilines is 1. The van der Waals surface area contributed by atoms with Gasteiger partial charge in [0.15, 0.2) is 0 Å². The van der Waals surface area contributed by atoms with Gasteiger partial charge in [-0.1, -0.05) is 39.5 Å². The van der Waals surface area contributed by atoms with Gasteiger partial charge in [0, 0.05) is 54.5 Å². The predicted molar refractivity (Wildman–Crippen MR) is 112 cm³/mol. The largest absolute Gasteiger partial charge is 0.385 e. The number of nitrogens with one attached hydrogen (secondary N) is 1. The Labute approximate surface area is 159 Å². The zero-order chi connectivity index (χ0) is 20.1. The number of hydrogen-bond donors (Lipinski definition) is 1. The molecule has 2 rings (SSSR count). The van der Waals surface area contributed by atoms with E-state index < -0.39 is 0 Å². The van der Waals surface area contributed by atoms with E-state index >= 15 is 0 Å². The molecule has 1 heterocycles. The molecule has 1 aliphatic rings. The predicted octanol–water partition coefficient (Wildman–Crippen LogP) is 5.28. The maximum atomic E-state index is 11.5. The van der Waals surface area contributed by atoms with Crippen LogP contribution in [0.1, 0.15) is 71.9 Å². The van der Waals surface area contributed by atoms with Crippen molar-refractivity contribution in [2.24, 2.45) is 0 Å². The molecule has 1 atom stereocenters. The fourth-order valence-electron chi connectivity index (χ4n) is 2.93. The second-order valence-corrected chi connectivity index (χ2v) is 5.95. The van der Waals surface area contributed by atoms with Crippen molar-refractivity contribution < 1.29 is 9.59 Å². The molecule has 0 saturated carbocycles. The molecule has 0 amide bonds. The van der Waals surface area contributed by atoms with Gasteiger partial charge in [0.1, 0.15) is 12.1 Å². The Bertz CT molecular complexity index is 582. The first kappa shape index (κ1) is 23.9. The number of benzene rings is 1. The Morgan fingerprint density at radius 2 is 1.96 bits per heavy atom. The third kappa shape index (κ3) is 6.66. The van der Waals surface area contributed by atoms with Crippen molar-refractivity contribution in [1.29, 1.82) is 0 Å². The highest BCUT2D eigenvalue weighted by atomic mass is 16.1. The van der Waals surface area contributed by atoms with E-state index in [0.717, 1.165) is 31.5 Å². The Balaban J connectivity index is 0.00000113. The van der Waals surface area contributed by atoms with E-state index in [-0.39, 0.29) is 0 Å². The fourth-order valence-corrected chi connectivity index (χ4v) is 2.93. The second-order valence-electron chi connectivity index (χ2n) is 5.95. The van der Waals surface area contributed by atoms with Crippen LogP contribution >= 0.6 is 0 Å². The maximum absolute atomic E-state index is 11.5. The number of ketones is 1. The smallest absolute Gasteiger partial charge is 0.132 e. The monoisotopic (exact) mass is 360 g/mol. The molecule has 4 nitrogen and oxygen atoms in total. The molecule has 1 aromatic rings. The van der Waals surface area contributed by atoms with Gasteiger partial charge >= 0.3 is 0 Å². The summed E-state index contributed by atoms with van der Waals surface area (Å²) in [5, 5.41) is 3.43. The molecule has 0 aromatic heterocycles. The van der Waals surface area contributed by atoms with Crippen LogP contribution in [0.3, 0.4) is 0 Å². The van der Waals surface area contributed by atoms with E-state index in [1.807, 2.05) is 20.8 Å². The third-order valence-electron chi connectivity index (χ3n) is 4.30. The van der Waals surface area contributed by atoms with Crippen molar-refractivity contribution >= 4 is 23.5 Å². The van der Waals surface area contributed by atoms with Gasteiger partial charge < -0.3 is 15.0 Å². The van der Waals surface area contributed by atoms with Crippen LogP contribution in [0.15, 0.2) is 24.8 Å². The molecular weight excluding hydrogens is 324 g/mol. The van der Waals surface area contributed by atoms with Crippen molar-refractivity contribution in [2.45, 2.75) is 73.4 Å². The molecule has 0 fully saturated rings. The molecule has 146 valence electrons. The highest BCUT2D eigenvalue weighted by molar-refractivity contribution is 5.78. The van der Waals surface area contributed by atoms with Crippen molar-refractivity contribution in [3.8, 4) is 0 Å². The van der Waals surface area contributed by atoms with E-state index in [1.54, 1.807) is 0 Å². The summed E-state index contributed by atoms with van der Waals surface area (Å²) in [7, 11) is 0. The summed E-state index contributed by atoms with van der Waals surface area (Å²) in [6.07, 6.45) is 2.95. The van der Waals surface area contributed by atoms with E-state index in [9.17, 15) is 4.79 Å². The first-order valence-corrected chi connectivity index (χ1v) is 9.73. The van der Waals surface area contributed by atoms with Crippen molar-refractivity contribution in [1.82, 2.24) is 4.90 Å². The van der Waals surface area contributed by atoms with Gasteiger partial charge in [0.05, 0.1) is 0 Å². The third-order valence-corrected chi connectivity index (χ3v) is 4.30. The number of fused-ring (bicyclic) bond motifs is 1. The van der Waals surface area contributed by atoms with Crippen molar-refractivity contribution in [2.75, 3.05) is 11.9 Å². The Hall–Kier alpha value is -2.10. The van der Waals surface area contributed by atoms with Crippen molar-refractivity contribution in [3.63, 3.8) is 0 Å². The molecule has 26 heavy (non-hydrogen) atoms. The van der Waals surface area contributed by atoms with Gasteiger partial charge in [-0.2, -0.15) is 0 Å². The van der Waals surface area contributed by atoms with Gasteiger partial charge in [0.2, 0.25) is 0 Å². The van der Waals surface area contributed by atoms with Gasteiger partial charge in [-0.3, -0.25) is 4.79 Å². The summed E-state index contributed by atoms with van der Waals surface area (Å²) in [6, 6.07) is 6.69. The highest BCUT2D eigenvalue weighted by Crippen LogP contribution is 2.37. The van der Waals surface area contributed by atoms with Crippen LogP contribution in [0.2, 0.25) is 0 Å². The first-order chi connectivity index (χ1) is 12.5. The van der Waals surface area contributed by atoms with E-state index in [2.05, 4.69) is 48.8 Å². The van der Waals surface area contributed by atoms with Crippen LogP contribution in [0, 0.1) is 0 Å². The maximum Gasteiger partial charge on any atom is 0.132 e. The van der Waals surface area contributed by atoms with Crippen molar-refractivity contribution in [3.05, 3.63) is 35.9 Å². The lowest BCUT2D eigenvalue weighted by Gasteiger charge is -2.27. The molecule has 0 bridgehead atoms. The van der Waals surface area contributed by atoms with E-state index in [0.29, 0.717) is 24.7 Å². The van der Waals surface area contributed by atoms with Crippen LogP contribution in [0.25, 0.3) is 5.70 Å². The summed E-state index contributed by atoms with van der Waals surface area (Å²) in [5.41, 5.74) is 4.86. The summed E-state index contributed by atoms with van der Waals surface area (Å²) in [6.45, 7) is 17.7. The standard InChI is InChI=1S/C18H26N2O.C2H4O.C2H6/c1-5-15(21)11-10-13(3)20-12-17-16(14(20)4)8-7-9-18(17)19-6-2;1-2-3;1-2/h7-9,13,19H,4-6,10-12H2,1-3H3;2H,1H3;1-2H3. The number of Topliss-reactive ketones (excluding diaryl/α,β-unsaturated/α-hetero) is 1. The van der Waals surface area contributed by atoms with Gasteiger partial charge in [-0.05, 0) is 33.3 Å². The van der Waals surface area contributed by atoms with Gasteiger partial charge in [0.25, 0.3) is 0 Å². The number of carbonyl (C=O) groups is 2. The average molecular weight is 361 g/mol. The lowest BCUT2D eigenvalue weighted by Crippen LogP contribution is -2.27. The molecule has 1 N–H and O–H groups in total. The normalized spacial score (nSPS) is 12.8.